The molecule has 2 fully saturated rings. The van der Waals surface area contributed by atoms with E-state index in [2.05, 4.69) is 45.3 Å². The van der Waals surface area contributed by atoms with Crippen LogP contribution in [0, 0.1) is 0 Å². The van der Waals surface area contributed by atoms with E-state index in [1.807, 2.05) is 4.68 Å². The average Bonchev–Trinajstić information content (AvgIpc) is 3.19. The number of aromatic nitrogens is 3. The highest BCUT2D eigenvalue weighted by molar-refractivity contribution is 5.14. The smallest absolute Gasteiger partial charge is 0.137 e. The van der Waals surface area contributed by atoms with Crippen molar-refractivity contribution in [2.45, 2.75) is 37.6 Å². The molecule has 2 aliphatic heterocycles. The molecule has 0 amide bonds. The van der Waals surface area contributed by atoms with Crippen LogP contribution in [-0.4, -0.2) is 57.7 Å². The minimum absolute atomic E-state index is 0.184. The Hall–Kier alpha value is -1.76. The van der Waals surface area contributed by atoms with Gasteiger partial charge in [0.15, 0.2) is 0 Å². The molecule has 2 saturated heterocycles. The summed E-state index contributed by atoms with van der Waals surface area (Å²) < 4.78 is 14.2. The van der Waals surface area contributed by atoms with Gasteiger partial charge in [-0.2, -0.15) is 5.10 Å². The van der Waals surface area contributed by atoms with Crippen LogP contribution in [0.15, 0.2) is 43.0 Å². The number of nitrogens with zero attached hydrogens (tertiary/aromatic N) is 4. The number of benzene rings is 1. The first-order chi connectivity index (χ1) is 11.8. The summed E-state index contributed by atoms with van der Waals surface area (Å²) in [5, 5.41) is 4.19. The molecule has 0 unspecified atom stereocenters. The van der Waals surface area contributed by atoms with E-state index in [1.54, 1.807) is 12.7 Å². The molecule has 0 aliphatic carbocycles. The van der Waals surface area contributed by atoms with Crippen molar-refractivity contribution in [3.63, 3.8) is 0 Å². The third-order valence-electron chi connectivity index (χ3n) is 4.87. The molecular formula is C18H24N4O2. The Balaban J connectivity index is 1.40. The molecule has 0 bridgehead atoms. The molecule has 0 N–H and O–H groups in total. The van der Waals surface area contributed by atoms with E-state index in [0.717, 1.165) is 45.6 Å². The summed E-state index contributed by atoms with van der Waals surface area (Å²) >= 11 is 0. The molecule has 2 aromatic rings. The van der Waals surface area contributed by atoms with E-state index in [9.17, 15) is 0 Å². The lowest BCUT2D eigenvalue weighted by Gasteiger charge is -2.32. The number of hydrogen-bond donors (Lipinski definition) is 0. The van der Waals surface area contributed by atoms with Crippen molar-refractivity contribution in [3.8, 4) is 0 Å². The van der Waals surface area contributed by atoms with Crippen LogP contribution in [0.1, 0.15) is 18.4 Å². The highest BCUT2D eigenvalue weighted by Gasteiger charge is 2.43. The van der Waals surface area contributed by atoms with Crippen molar-refractivity contribution in [1.29, 1.82) is 0 Å². The first-order valence-corrected chi connectivity index (χ1v) is 8.66. The molecular weight excluding hydrogens is 304 g/mol. The predicted molar refractivity (Wildman–Crippen MR) is 89.4 cm³/mol. The molecule has 2 atom stereocenters. The average molecular weight is 328 g/mol. The van der Waals surface area contributed by atoms with Crippen molar-refractivity contribution in [2.75, 3.05) is 26.3 Å². The normalized spacial score (nSPS) is 28.2. The topological polar surface area (TPSA) is 52.4 Å². The molecule has 4 rings (SSSR count). The zero-order valence-electron chi connectivity index (χ0n) is 13.9. The fourth-order valence-corrected chi connectivity index (χ4v) is 3.74. The van der Waals surface area contributed by atoms with Gasteiger partial charge in [0.25, 0.3) is 0 Å². The maximum Gasteiger partial charge on any atom is 0.137 e. The van der Waals surface area contributed by atoms with Crippen molar-refractivity contribution in [2.24, 2.45) is 0 Å². The Kier molecular flexibility index (Phi) is 4.60. The summed E-state index contributed by atoms with van der Waals surface area (Å²) in [6.07, 6.45) is 5.59. The molecule has 1 spiro atoms. The van der Waals surface area contributed by atoms with E-state index in [-0.39, 0.29) is 11.7 Å². The maximum absolute atomic E-state index is 6.46. The second-order valence-corrected chi connectivity index (χ2v) is 6.83. The molecule has 0 radical (unpaired) electrons. The lowest BCUT2D eigenvalue weighted by Crippen LogP contribution is -2.44. The number of ether oxygens (including phenoxy) is 2. The van der Waals surface area contributed by atoms with Gasteiger partial charge in [-0.05, 0) is 18.4 Å². The Morgan fingerprint density at radius 1 is 1.25 bits per heavy atom. The first-order valence-electron chi connectivity index (χ1n) is 8.66. The molecule has 128 valence electrons. The quantitative estimate of drug-likeness (QED) is 0.855. The van der Waals surface area contributed by atoms with Crippen molar-refractivity contribution in [1.82, 2.24) is 19.7 Å². The summed E-state index contributed by atoms with van der Waals surface area (Å²) in [5.41, 5.74) is 1.16. The molecule has 6 nitrogen and oxygen atoms in total. The predicted octanol–water partition coefficient (Wildman–Crippen LogP) is 1.73. The molecule has 1 aromatic carbocycles. The summed E-state index contributed by atoms with van der Waals surface area (Å²) in [6.45, 7) is 5.05. The minimum Gasteiger partial charge on any atom is -0.377 e. The zero-order valence-corrected chi connectivity index (χ0v) is 13.9. The second kappa shape index (κ2) is 7.01. The monoisotopic (exact) mass is 328 g/mol. The van der Waals surface area contributed by atoms with Crippen LogP contribution in [0.2, 0.25) is 0 Å². The van der Waals surface area contributed by atoms with Gasteiger partial charge in [-0.1, -0.05) is 30.3 Å². The molecule has 3 heterocycles. The van der Waals surface area contributed by atoms with E-state index in [1.165, 1.54) is 5.56 Å². The standard InChI is InChI=1S/C18H24N4O2/c1-2-4-16(5-3-1)10-21-8-9-23-13-18(12-21)7-6-17(24-18)11-22-15-19-14-20-22/h1-5,14-15,17H,6-13H2/t17-,18+/m1/s1. The van der Waals surface area contributed by atoms with Crippen LogP contribution in [0.3, 0.4) is 0 Å². The fourth-order valence-electron chi connectivity index (χ4n) is 3.74. The first kappa shape index (κ1) is 15.7. The van der Waals surface area contributed by atoms with Gasteiger partial charge in [-0.25, -0.2) is 4.98 Å². The van der Waals surface area contributed by atoms with E-state index in [4.69, 9.17) is 9.47 Å². The summed E-state index contributed by atoms with van der Waals surface area (Å²) in [5.74, 6) is 0. The third kappa shape index (κ3) is 3.66. The Morgan fingerprint density at radius 2 is 2.17 bits per heavy atom. The van der Waals surface area contributed by atoms with Gasteiger partial charge < -0.3 is 9.47 Å². The third-order valence-corrected chi connectivity index (χ3v) is 4.87. The molecule has 24 heavy (non-hydrogen) atoms. The fraction of sp³-hybridized carbons (Fsp3) is 0.556. The summed E-state index contributed by atoms with van der Waals surface area (Å²) in [4.78, 5) is 6.46. The van der Waals surface area contributed by atoms with E-state index >= 15 is 0 Å². The minimum atomic E-state index is -0.184. The second-order valence-electron chi connectivity index (χ2n) is 6.83. The molecule has 6 heteroatoms. The Labute approximate surface area is 142 Å². The highest BCUT2D eigenvalue weighted by atomic mass is 16.6. The Morgan fingerprint density at radius 3 is 3.00 bits per heavy atom. The van der Waals surface area contributed by atoms with Crippen LogP contribution in [0.5, 0.6) is 0 Å². The van der Waals surface area contributed by atoms with Gasteiger partial charge in [0.1, 0.15) is 18.3 Å². The van der Waals surface area contributed by atoms with Gasteiger partial charge >= 0.3 is 0 Å². The largest absolute Gasteiger partial charge is 0.377 e. The van der Waals surface area contributed by atoms with Crippen LogP contribution in [0.25, 0.3) is 0 Å². The van der Waals surface area contributed by atoms with Gasteiger partial charge in [-0.15, -0.1) is 0 Å². The van der Waals surface area contributed by atoms with Crippen LogP contribution in [0.4, 0.5) is 0 Å². The SMILES string of the molecule is c1ccc(CN2CCOC[C@]3(CC[C@H](Cn4cncn4)O3)C2)cc1. The van der Waals surface area contributed by atoms with Crippen LogP contribution >= 0.6 is 0 Å². The lowest BCUT2D eigenvalue weighted by molar-refractivity contribution is -0.0905. The number of hydrogen-bond acceptors (Lipinski definition) is 5. The lowest BCUT2D eigenvalue weighted by atomic mass is 10.00. The Bertz CT molecular complexity index is 634. The van der Waals surface area contributed by atoms with Crippen molar-refractivity contribution >= 4 is 0 Å². The molecule has 2 aliphatic rings. The summed E-state index contributed by atoms with van der Waals surface area (Å²) in [6, 6.07) is 10.6. The number of rotatable bonds is 4. The van der Waals surface area contributed by atoms with Gasteiger partial charge in [0, 0.05) is 19.6 Å². The van der Waals surface area contributed by atoms with Crippen molar-refractivity contribution in [3.05, 3.63) is 48.5 Å². The van der Waals surface area contributed by atoms with E-state index < -0.39 is 0 Å². The zero-order chi connectivity index (χ0) is 16.2. The van der Waals surface area contributed by atoms with Crippen LogP contribution in [-0.2, 0) is 22.6 Å². The van der Waals surface area contributed by atoms with Crippen molar-refractivity contribution < 1.29 is 9.47 Å². The van der Waals surface area contributed by atoms with Gasteiger partial charge in [-0.3, -0.25) is 9.58 Å². The van der Waals surface area contributed by atoms with Gasteiger partial charge in [0.2, 0.25) is 0 Å². The van der Waals surface area contributed by atoms with Crippen LogP contribution < -0.4 is 0 Å². The van der Waals surface area contributed by atoms with Gasteiger partial charge in [0.05, 0.1) is 25.9 Å². The molecule has 0 saturated carbocycles. The maximum atomic E-state index is 6.46. The van der Waals surface area contributed by atoms with E-state index in [0.29, 0.717) is 6.61 Å². The summed E-state index contributed by atoms with van der Waals surface area (Å²) in [7, 11) is 0. The highest BCUT2D eigenvalue weighted by Crippen LogP contribution is 2.34. The molecule has 1 aromatic heterocycles.